The van der Waals surface area contributed by atoms with Gasteiger partial charge in [0.2, 0.25) is 5.91 Å². The Morgan fingerprint density at radius 3 is 2.59 bits per heavy atom. The molecule has 0 saturated heterocycles. The molecule has 0 aliphatic heterocycles. The summed E-state index contributed by atoms with van der Waals surface area (Å²) in [7, 11) is 0. The van der Waals surface area contributed by atoms with Gasteiger partial charge in [-0.15, -0.1) is 12.4 Å². The third-order valence-corrected chi connectivity index (χ3v) is 2.65. The lowest BCUT2D eigenvalue weighted by molar-refractivity contribution is -0.137. The van der Waals surface area contributed by atoms with E-state index in [9.17, 15) is 18.0 Å². The quantitative estimate of drug-likeness (QED) is 0.797. The van der Waals surface area contributed by atoms with Gasteiger partial charge in [-0.25, -0.2) is 0 Å². The average Bonchev–Trinajstić information content (AvgIpc) is 2.42. The van der Waals surface area contributed by atoms with E-state index in [1.165, 1.54) is 6.07 Å². The molecule has 0 saturated carbocycles. The van der Waals surface area contributed by atoms with Crippen LogP contribution in [0.25, 0.3) is 0 Å². The van der Waals surface area contributed by atoms with E-state index in [-0.39, 0.29) is 36.2 Å². The van der Waals surface area contributed by atoms with Gasteiger partial charge >= 0.3 is 6.18 Å². The molecule has 0 radical (unpaired) electrons. The zero-order valence-electron chi connectivity index (χ0n) is 12.2. The Kier molecular flexibility index (Phi) is 8.89. The molecule has 1 aromatic carbocycles. The molecular weight excluding hydrogens is 321 g/mol. The van der Waals surface area contributed by atoms with Gasteiger partial charge in [0.25, 0.3) is 0 Å². The third-order valence-electron chi connectivity index (χ3n) is 2.65. The summed E-state index contributed by atoms with van der Waals surface area (Å²) in [5.74, 6) is -0.160. The topological polar surface area (TPSA) is 64.3 Å². The maximum absolute atomic E-state index is 12.7. The Hall–Kier alpha value is -1.47. The molecule has 1 aromatic rings. The number of nitrogens with two attached hydrogens (primary N) is 1. The Bertz CT molecular complexity index is 482. The molecule has 0 aliphatic rings. The van der Waals surface area contributed by atoms with E-state index in [2.05, 4.69) is 5.32 Å². The molecule has 1 rings (SSSR count). The van der Waals surface area contributed by atoms with Crippen LogP contribution in [0.4, 0.5) is 18.9 Å². The van der Waals surface area contributed by atoms with Gasteiger partial charge in [-0.2, -0.15) is 13.2 Å². The normalized spacial score (nSPS) is 10.8. The van der Waals surface area contributed by atoms with Crippen LogP contribution < -0.4 is 15.8 Å². The second-order valence-corrected chi connectivity index (χ2v) is 4.50. The number of ether oxygens (including phenoxy) is 1. The van der Waals surface area contributed by atoms with Crippen LogP contribution in [0.2, 0.25) is 0 Å². The van der Waals surface area contributed by atoms with Crippen molar-refractivity contribution in [3.8, 4) is 5.75 Å². The molecule has 0 aliphatic carbocycles. The predicted molar refractivity (Wildman–Crippen MR) is 81.4 cm³/mol. The van der Waals surface area contributed by atoms with E-state index in [0.29, 0.717) is 26.0 Å². The van der Waals surface area contributed by atoms with E-state index in [1.54, 1.807) is 0 Å². The highest BCUT2D eigenvalue weighted by Crippen LogP contribution is 2.35. The second kappa shape index (κ2) is 9.53. The molecule has 126 valence electrons. The molecule has 0 aromatic heterocycles. The molecule has 0 unspecified atom stereocenters. The first-order valence-electron chi connectivity index (χ1n) is 6.72. The summed E-state index contributed by atoms with van der Waals surface area (Å²) in [6, 6.07) is 3.03. The summed E-state index contributed by atoms with van der Waals surface area (Å²) in [4.78, 5) is 11.7. The van der Waals surface area contributed by atoms with Gasteiger partial charge in [-0.1, -0.05) is 6.92 Å². The monoisotopic (exact) mass is 340 g/mol. The zero-order chi connectivity index (χ0) is 15.9. The molecular formula is C14H20ClF3N2O2. The van der Waals surface area contributed by atoms with Crippen molar-refractivity contribution < 1.29 is 22.7 Å². The minimum atomic E-state index is -4.47. The number of amides is 1. The molecule has 0 heterocycles. The van der Waals surface area contributed by atoms with Crippen LogP contribution in [-0.2, 0) is 11.0 Å². The summed E-state index contributed by atoms with van der Waals surface area (Å²) in [5.41, 5.74) is 4.49. The third kappa shape index (κ3) is 6.53. The highest BCUT2D eigenvalue weighted by atomic mass is 35.5. The van der Waals surface area contributed by atoms with E-state index in [0.717, 1.165) is 12.1 Å². The fourth-order valence-electron chi connectivity index (χ4n) is 1.62. The largest absolute Gasteiger partial charge is 0.491 e. The number of benzene rings is 1. The van der Waals surface area contributed by atoms with Crippen LogP contribution >= 0.6 is 12.4 Å². The van der Waals surface area contributed by atoms with E-state index >= 15 is 0 Å². The van der Waals surface area contributed by atoms with E-state index in [4.69, 9.17) is 10.5 Å². The number of halogens is 4. The molecule has 22 heavy (non-hydrogen) atoms. The van der Waals surface area contributed by atoms with Gasteiger partial charge in [0, 0.05) is 6.42 Å². The molecule has 3 N–H and O–H groups in total. The molecule has 4 nitrogen and oxygen atoms in total. The SMILES string of the molecule is CCCOc1ccc(C(F)(F)F)cc1NC(=O)CCCN.Cl. The number of hydrogen-bond donors (Lipinski definition) is 2. The first kappa shape index (κ1) is 20.5. The number of rotatable bonds is 7. The zero-order valence-corrected chi connectivity index (χ0v) is 13.0. The molecule has 0 bridgehead atoms. The van der Waals surface area contributed by atoms with Crippen molar-refractivity contribution in [2.24, 2.45) is 5.73 Å². The van der Waals surface area contributed by atoms with Crippen LogP contribution in [0.15, 0.2) is 18.2 Å². The molecule has 0 fully saturated rings. The summed E-state index contributed by atoms with van der Waals surface area (Å²) < 4.78 is 43.5. The predicted octanol–water partition coefficient (Wildman–Crippen LogP) is 3.59. The van der Waals surface area contributed by atoms with Crippen molar-refractivity contribution in [3.63, 3.8) is 0 Å². The van der Waals surface area contributed by atoms with Gasteiger partial charge in [-0.05, 0) is 37.6 Å². The van der Waals surface area contributed by atoms with Crippen LogP contribution in [-0.4, -0.2) is 19.1 Å². The lowest BCUT2D eigenvalue weighted by Gasteiger charge is -2.15. The van der Waals surface area contributed by atoms with Crippen molar-refractivity contribution in [2.75, 3.05) is 18.5 Å². The summed E-state index contributed by atoms with van der Waals surface area (Å²) in [6.07, 6.45) is -3.14. The number of hydrogen-bond acceptors (Lipinski definition) is 3. The summed E-state index contributed by atoms with van der Waals surface area (Å²) >= 11 is 0. The smallest absolute Gasteiger partial charge is 0.416 e. The summed E-state index contributed by atoms with van der Waals surface area (Å²) in [6.45, 7) is 2.58. The van der Waals surface area contributed by atoms with Gasteiger partial charge in [0.05, 0.1) is 17.9 Å². The minimum Gasteiger partial charge on any atom is -0.491 e. The molecule has 0 spiro atoms. The average molecular weight is 341 g/mol. The summed E-state index contributed by atoms with van der Waals surface area (Å²) in [5, 5.41) is 2.45. The molecule has 0 atom stereocenters. The number of alkyl halides is 3. The van der Waals surface area contributed by atoms with Crippen molar-refractivity contribution in [2.45, 2.75) is 32.4 Å². The van der Waals surface area contributed by atoms with Gasteiger partial charge in [0.1, 0.15) is 5.75 Å². The Morgan fingerprint density at radius 2 is 2.05 bits per heavy atom. The van der Waals surface area contributed by atoms with E-state index in [1.807, 2.05) is 6.92 Å². The van der Waals surface area contributed by atoms with E-state index < -0.39 is 11.7 Å². The standard InChI is InChI=1S/C14H19F3N2O2.ClH/c1-2-8-21-12-6-5-10(14(15,16)17)9-11(12)19-13(20)4-3-7-18;/h5-6,9H,2-4,7-8,18H2,1H3,(H,19,20);1H. The number of nitrogens with one attached hydrogen (secondary N) is 1. The van der Waals surface area contributed by atoms with Crippen molar-refractivity contribution in [1.82, 2.24) is 0 Å². The number of carbonyl (C=O) groups is 1. The number of anilines is 1. The highest BCUT2D eigenvalue weighted by molar-refractivity contribution is 5.92. The van der Waals surface area contributed by atoms with Gasteiger partial charge < -0.3 is 15.8 Å². The first-order chi connectivity index (χ1) is 9.88. The van der Waals surface area contributed by atoms with Crippen molar-refractivity contribution in [1.29, 1.82) is 0 Å². The second-order valence-electron chi connectivity index (χ2n) is 4.50. The Balaban J connectivity index is 0.00000441. The maximum atomic E-state index is 12.7. The minimum absolute atomic E-state index is 0. The van der Waals surface area contributed by atoms with Crippen LogP contribution in [0.3, 0.4) is 0 Å². The van der Waals surface area contributed by atoms with Crippen LogP contribution in [0.5, 0.6) is 5.75 Å². The Labute approximate surface area is 133 Å². The molecule has 1 amide bonds. The van der Waals surface area contributed by atoms with Gasteiger partial charge in [-0.3, -0.25) is 4.79 Å². The van der Waals surface area contributed by atoms with Crippen molar-refractivity contribution in [3.05, 3.63) is 23.8 Å². The molecule has 8 heteroatoms. The lowest BCUT2D eigenvalue weighted by Crippen LogP contribution is -2.15. The van der Waals surface area contributed by atoms with Crippen LogP contribution in [0.1, 0.15) is 31.7 Å². The number of carbonyl (C=O) groups excluding carboxylic acids is 1. The van der Waals surface area contributed by atoms with Gasteiger partial charge in [0.15, 0.2) is 0 Å². The fraction of sp³-hybridized carbons (Fsp3) is 0.500. The highest BCUT2D eigenvalue weighted by Gasteiger charge is 2.31. The first-order valence-corrected chi connectivity index (χ1v) is 6.72. The Morgan fingerprint density at radius 1 is 1.36 bits per heavy atom. The maximum Gasteiger partial charge on any atom is 0.416 e. The van der Waals surface area contributed by atoms with Crippen LogP contribution in [0, 0.1) is 0 Å². The fourth-order valence-corrected chi connectivity index (χ4v) is 1.62. The lowest BCUT2D eigenvalue weighted by atomic mass is 10.1. The van der Waals surface area contributed by atoms with Crippen molar-refractivity contribution >= 4 is 24.0 Å².